The van der Waals surface area contributed by atoms with Gasteiger partial charge in [-0.3, -0.25) is 4.79 Å². The zero-order valence-corrected chi connectivity index (χ0v) is 15.5. The minimum Gasteiger partial charge on any atom is -0.485 e. The first-order valence-corrected chi connectivity index (χ1v) is 9.20. The first kappa shape index (κ1) is 18.6. The SMILES string of the molecule is O=C(COC(=O)[C@H]1COc2ccccc2O1)Nc1ccccc1-c1ccccc1. The Bertz CT molecular complexity index is 1020. The standard InChI is InChI=1S/C23H19NO5/c25-22(24-18-11-5-4-10-17(18)16-8-2-1-3-9-16)15-28-23(26)21-14-27-19-12-6-7-13-20(19)29-21/h1-13,21H,14-15H2,(H,24,25)/t21-/m1/s1. The van der Waals surface area contributed by atoms with Crippen LogP contribution in [0.25, 0.3) is 11.1 Å². The third-order valence-corrected chi connectivity index (χ3v) is 4.40. The van der Waals surface area contributed by atoms with Gasteiger partial charge in [0.2, 0.25) is 6.10 Å². The molecule has 1 atom stereocenters. The van der Waals surface area contributed by atoms with E-state index in [-0.39, 0.29) is 6.61 Å². The molecule has 1 aliphatic heterocycles. The van der Waals surface area contributed by atoms with Crippen LogP contribution in [0.1, 0.15) is 0 Å². The molecule has 0 unspecified atom stereocenters. The zero-order valence-electron chi connectivity index (χ0n) is 15.5. The number of nitrogens with one attached hydrogen (secondary N) is 1. The Hall–Kier alpha value is -3.80. The van der Waals surface area contributed by atoms with Crippen LogP contribution in [0, 0.1) is 0 Å². The molecule has 0 saturated heterocycles. The largest absolute Gasteiger partial charge is 0.485 e. The van der Waals surface area contributed by atoms with E-state index in [0.29, 0.717) is 17.2 Å². The molecule has 6 heteroatoms. The topological polar surface area (TPSA) is 73.9 Å². The molecule has 29 heavy (non-hydrogen) atoms. The number of amides is 1. The molecule has 0 fully saturated rings. The average Bonchev–Trinajstić information content (AvgIpc) is 2.78. The summed E-state index contributed by atoms with van der Waals surface area (Å²) in [5.41, 5.74) is 2.51. The Morgan fingerprint density at radius 1 is 0.897 bits per heavy atom. The molecule has 0 bridgehead atoms. The lowest BCUT2D eigenvalue weighted by Crippen LogP contribution is -2.39. The van der Waals surface area contributed by atoms with Gasteiger partial charge in [0.1, 0.15) is 6.61 Å². The second-order valence-corrected chi connectivity index (χ2v) is 6.43. The van der Waals surface area contributed by atoms with Crippen molar-refractivity contribution in [3.63, 3.8) is 0 Å². The molecular weight excluding hydrogens is 370 g/mol. The van der Waals surface area contributed by atoms with Crippen LogP contribution >= 0.6 is 0 Å². The lowest BCUT2D eigenvalue weighted by molar-refractivity contribution is -0.156. The maximum absolute atomic E-state index is 12.3. The third kappa shape index (κ3) is 4.38. The van der Waals surface area contributed by atoms with E-state index in [1.807, 2.05) is 54.6 Å². The molecule has 1 N–H and O–H groups in total. The number of hydrogen-bond acceptors (Lipinski definition) is 5. The molecule has 0 radical (unpaired) electrons. The van der Waals surface area contributed by atoms with Gasteiger partial charge in [0.15, 0.2) is 18.1 Å². The molecule has 0 saturated carbocycles. The van der Waals surface area contributed by atoms with Crippen molar-refractivity contribution in [3.8, 4) is 22.6 Å². The van der Waals surface area contributed by atoms with Gasteiger partial charge in [0, 0.05) is 11.3 Å². The van der Waals surface area contributed by atoms with Gasteiger partial charge in [0.25, 0.3) is 5.91 Å². The molecule has 146 valence electrons. The number of ether oxygens (including phenoxy) is 3. The highest BCUT2D eigenvalue weighted by molar-refractivity contribution is 5.97. The van der Waals surface area contributed by atoms with Gasteiger partial charge in [-0.15, -0.1) is 0 Å². The Balaban J connectivity index is 1.35. The number of benzene rings is 3. The molecule has 0 aliphatic carbocycles. The summed E-state index contributed by atoms with van der Waals surface area (Å²) >= 11 is 0. The van der Waals surface area contributed by atoms with Crippen molar-refractivity contribution in [2.75, 3.05) is 18.5 Å². The van der Waals surface area contributed by atoms with Crippen molar-refractivity contribution in [2.45, 2.75) is 6.10 Å². The number of para-hydroxylation sites is 3. The van der Waals surface area contributed by atoms with E-state index in [1.165, 1.54) is 0 Å². The van der Waals surface area contributed by atoms with E-state index >= 15 is 0 Å². The smallest absolute Gasteiger partial charge is 0.351 e. The summed E-state index contributed by atoms with van der Waals surface area (Å²) in [5.74, 6) is -0.0291. The average molecular weight is 389 g/mol. The molecule has 1 aliphatic rings. The molecule has 1 heterocycles. The second kappa shape index (κ2) is 8.48. The second-order valence-electron chi connectivity index (χ2n) is 6.43. The maximum atomic E-state index is 12.3. The number of anilines is 1. The number of hydrogen-bond donors (Lipinski definition) is 1. The van der Waals surface area contributed by atoms with Crippen LogP contribution in [0.4, 0.5) is 5.69 Å². The van der Waals surface area contributed by atoms with Crippen molar-refractivity contribution < 1.29 is 23.8 Å². The summed E-state index contributed by atoms with van der Waals surface area (Å²) in [6, 6.07) is 24.2. The van der Waals surface area contributed by atoms with Crippen LogP contribution in [0.5, 0.6) is 11.5 Å². The Morgan fingerprint density at radius 2 is 1.59 bits per heavy atom. The monoisotopic (exact) mass is 389 g/mol. The normalized spacial score (nSPS) is 14.7. The number of rotatable bonds is 5. The molecular formula is C23H19NO5. The fraction of sp³-hybridized carbons (Fsp3) is 0.130. The Kier molecular flexibility index (Phi) is 5.42. The van der Waals surface area contributed by atoms with Gasteiger partial charge in [-0.05, 0) is 23.8 Å². The first-order valence-electron chi connectivity index (χ1n) is 9.20. The van der Waals surface area contributed by atoms with E-state index in [0.717, 1.165) is 11.1 Å². The molecule has 4 rings (SSSR count). The van der Waals surface area contributed by atoms with Crippen LogP contribution < -0.4 is 14.8 Å². The molecule has 3 aromatic carbocycles. The number of fused-ring (bicyclic) bond motifs is 1. The van der Waals surface area contributed by atoms with Crippen molar-refractivity contribution in [1.82, 2.24) is 0 Å². The highest BCUT2D eigenvalue weighted by Gasteiger charge is 2.29. The van der Waals surface area contributed by atoms with Gasteiger partial charge in [0.05, 0.1) is 0 Å². The molecule has 1 amide bonds. The van der Waals surface area contributed by atoms with Crippen LogP contribution in [0.3, 0.4) is 0 Å². The van der Waals surface area contributed by atoms with Crippen LogP contribution in [0.2, 0.25) is 0 Å². The summed E-state index contributed by atoms with van der Waals surface area (Å²) in [7, 11) is 0. The van der Waals surface area contributed by atoms with Gasteiger partial charge >= 0.3 is 5.97 Å². The van der Waals surface area contributed by atoms with Gasteiger partial charge in [-0.2, -0.15) is 0 Å². The van der Waals surface area contributed by atoms with Crippen molar-refractivity contribution in [1.29, 1.82) is 0 Å². The zero-order chi connectivity index (χ0) is 20.1. The van der Waals surface area contributed by atoms with E-state index < -0.39 is 24.6 Å². The van der Waals surface area contributed by atoms with Crippen molar-refractivity contribution in [3.05, 3.63) is 78.9 Å². The summed E-state index contributed by atoms with van der Waals surface area (Å²) in [6.45, 7) is -0.377. The lowest BCUT2D eigenvalue weighted by Gasteiger charge is -2.24. The number of carbonyl (C=O) groups is 2. The van der Waals surface area contributed by atoms with E-state index in [9.17, 15) is 9.59 Å². The number of esters is 1. The van der Waals surface area contributed by atoms with E-state index in [1.54, 1.807) is 24.3 Å². The summed E-state index contributed by atoms with van der Waals surface area (Å²) in [5, 5.41) is 2.79. The highest BCUT2D eigenvalue weighted by atomic mass is 16.6. The molecule has 0 spiro atoms. The van der Waals surface area contributed by atoms with Crippen LogP contribution in [-0.2, 0) is 14.3 Å². The first-order chi connectivity index (χ1) is 14.2. The Labute approximate surface area is 168 Å². The minimum atomic E-state index is -0.908. The minimum absolute atomic E-state index is 0.0360. The fourth-order valence-electron chi connectivity index (χ4n) is 3.01. The van der Waals surface area contributed by atoms with Gasteiger partial charge in [-0.1, -0.05) is 60.7 Å². The van der Waals surface area contributed by atoms with Crippen molar-refractivity contribution >= 4 is 17.6 Å². The predicted molar refractivity (Wildman–Crippen MR) is 108 cm³/mol. The summed E-state index contributed by atoms with van der Waals surface area (Å²) in [6.07, 6.45) is -0.908. The molecule has 3 aromatic rings. The Morgan fingerprint density at radius 3 is 2.41 bits per heavy atom. The van der Waals surface area contributed by atoms with Crippen LogP contribution in [-0.4, -0.2) is 31.2 Å². The van der Waals surface area contributed by atoms with Gasteiger partial charge in [-0.25, -0.2) is 4.79 Å². The third-order valence-electron chi connectivity index (χ3n) is 4.40. The van der Waals surface area contributed by atoms with E-state index in [2.05, 4.69) is 5.32 Å². The summed E-state index contributed by atoms with van der Waals surface area (Å²) in [4.78, 5) is 24.6. The molecule has 0 aromatic heterocycles. The quantitative estimate of drug-likeness (QED) is 0.674. The number of carbonyl (C=O) groups excluding carboxylic acids is 2. The van der Waals surface area contributed by atoms with Crippen molar-refractivity contribution in [2.24, 2.45) is 0 Å². The fourth-order valence-corrected chi connectivity index (χ4v) is 3.01. The van der Waals surface area contributed by atoms with Gasteiger partial charge < -0.3 is 19.5 Å². The van der Waals surface area contributed by atoms with Crippen LogP contribution in [0.15, 0.2) is 78.9 Å². The predicted octanol–water partition coefficient (Wildman–Crippen LogP) is 3.68. The maximum Gasteiger partial charge on any atom is 0.351 e. The molecule has 6 nitrogen and oxygen atoms in total. The highest BCUT2D eigenvalue weighted by Crippen LogP contribution is 2.31. The lowest BCUT2D eigenvalue weighted by atomic mass is 10.0. The summed E-state index contributed by atoms with van der Waals surface area (Å²) < 4.78 is 16.2. The van der Waals surface area contributed by atoms with E-state index in [4.69, 9.17) is 14.2 Å².